The van der Waals surface area contributed by atoms with Crippen LogP contribution in [0.4, 0.5) is 0 Å². The molecule has 0 fully saturated rings. The fourth-order valence-electron chi connectivity index (χ4n) is 1.46. The van der Waals surface area contributed by atoms with Gasteiger partial charge in [0.2, 0.25) is 0 Å². The smallest absolute Gasteiger partial charge is 0.168 e. The number of rotatable bonds is 4. The monoisotopic (exact) mass is 253 g/mol. The molecule has 0 aliphatic rings. The van der Waals surface area contributed by atoms with E-state index in [4.69, 9.17) is 5.73 Å². The summed E-state index contributed by atoms with van der Waals surface area (Å²) in [7, 11) is 2.00. The minimum absolute atomic E-state index is 0.111. The zero-order chi connectivity index (χ0) is 11.5. The Hall–Kier alpha value is -0.780. The summed E-state index contributed by atoms with van der Waals surface area (Å²) in [4.78, 5) is 5.63. The van der Waals surface area contributed by atoms with Crippen LogP contribution in [-0.4, -0.2) is 15.6 Å². The van der Waals surface area contributed by atoms with Gasteiger partial charge in [0.25, 0.3) is 0 Å². The molecule has 0 radical (unpaired) electrons. The first kappa shape index (κ1) is 11.7. The predicted octanol–water partition coefficient (Wildman–Crippen LogP) is 2.66. The molecular formula is C11H15N3S2. The molecule has 2 unspecified atom stereocenters. The van der Waals surface area contributed by atoms with Crippen LogP contribution in [0.5, 0.6) is 0 Å². The molecule has 16 heavy (non-hydrogen) atoms. The maximum Gasteiger partial charge on any atom is 0.168 e. The Morgan fingerprint density at radius 3 is 2.88 bits per heavy atom. The van der Waals surface area contributed by atoms with Gasteiger partial charge in [0.15, 0.2) is 5.16 Å². The summed E-state index contributed by atoms with van der Waals surface area (Å²) < 4.78 is 2.02. The van der Waals surface area contributed by atoms with Gasteiger partial charge < -0.3 is 10.3 Å². The molecule has 2 heterocycles. The van der Waals surface area contributed by atoms with E-state index >= 15 is 0 Å². The second kappa shape index (κ2) is 5.03. The Morgan fingerprint density at radius 1 is 1.56 bits per heavy atom. The Bertz CT molecular complexity index is 434. The van der Waals surface area contributed by atoms with E-state index in [9.17, 15) is 0 Å². The molecule has 0 saturated carbocycles. The average Bonchev–Trinajstić information content (AvgIpc) is 2.85. The van der Waals surface area contributed by atoms with Gasteiger partial charge >= 0.3 is 0 Å². The van der Waals surface area contributed by atoms with Crippen molar-refractivity contribution >= 4 is 23.1 Å². The molecule has 5 heteroatoms. The number of nitrogens with zero attached hydrogens (tertiary/aromatic N) is 2. The summed E-state index contributed by atoms with van der Waals surface area (Å²) in [6.07, 6.45) is 3.77. The minimum atomic E-state index is 0.111. The largest absolute Gasteiger partial charge is 0.329 e. The molecule has 2 N–H and O–H groups in total. The first-order chi connectivity index (χ1) is 7.68. The van der Waals surface area contributed by atoms with Crippen LogP contribution in [0.15, 0.2) is 35.1 Å². The molecule has 0 aliphatic carbocycles. The third-order valence-corrected chi connectivity index (χ3v) is 4.96. The molecule has 0 aliphatic heterocycles. The number of thiophene rings is 1. The van der Waals surface area contributed by atoms with E-state index in [0.29, 0.717) is 0 Å². The van der Waals surface area contributed by atoms with Crippen molar-refractivity contribution in [1.29, 1.82) is 0 Å². The molecule has 2 rings (SSSR count). The second-order valence-corrected chi connectivity index (χ2v) is 5.82. The number of aryl methyl sites for hydroxylation is 1. The number of thioether (sulfide) groups is 1. The number of aromatic nitrogens is 2. The van der Waals surface area contributed by atoms with Crippen LogP contribution in [0.3, 0.4) is 0 Å². The van der Waals surface area contributed by atoms with Crippen molar-refractivity contribution in [1.82, 2.24) is 9.55 Å². The van der Waals surface area contributed by atoms with Gasteiger partial charge in [-0.2, -0.15) is 0 Å². The highest BCUT2D eigenvalue weighted by molar-refractivity contribution is 7.99. The molecule has 2 atom stereocenters. The molecule has 0 spiro atoms. The van der Waals surface area contributed by atoms with Crippen molar-refractivity contribution in [2.24, 2.45) is 12.8 Å². The maximum absolute atomic E-state index is 6.04. The van der Waals surface area contributed by atoms with Crippen molar-refractivity contribution in [2.75, 3.05) is 0 Å². The fraction of sp³-hybridized carbons (Fsp3) is 0.364. The molecular weight excluding hydrogens is 238 g/mol. The quantitative estimate of drug-likeness (QED) is 0.852. The molecule has 0 bridgehead atoms. The van der Waals surface area contributed by atoms with E-state index in [0.717, 1.165) is 5.16 Å². The molecule has 2 aromatic heterocycles. The zero-order valence-electron chi connectivity index (χ0n) is 9.33. The predicted molar refractivity (Wildman–Crippen MR) is 69.8 cm³/mol. The number of nitrogens with two attached hydrogens (primary N) is 1. The van der Waals surface area contributed by atoms with Crippen molar-refractivity contribution in [2.45, 2.75) is 23.4 Å². The van der Waals surface area contributed by atoms with E-state index in [1.165, 1.54) is 4.88 Å². The van der Waals surface area contributed by atoms with Gasteiger partial charge in [-0.05, 0) is 18.4 Å². The van der Waals surface area contributed by atoms with Crippen LogP contribution < -0.4 is 5.73 Å². The van der Waals surface area contributed by atoms with E-state index in [2.05, 4.69) is 22.5 Å². The van der Waals surface area contributed by atoms with E-state index < -0.39 is 0 Å². The topological polar surface area (TPSA) is 43.8 Å². The SMILES string of the molecule is CC(N)C(Sc1nccn1C)c1cccs1. The fourth-order valence-corrected chi connectivity index (χ4v) is 3.57. The highest BCUT2D eigenvalue weighted by Gasteiger charge is 2.20. The van der Waals surface area contributed by atoms with E-state index in [-0.39, 0.29) is 11.3 Å². The highest BCUT2D eigenvalue weighted by Crippen LogP contribution is 2.38. The molecule has 2 aromatic rings. The van der Waals surface area contributed by atoms with Crippen molar-refractivity contribution in [3.63, 3.8) is 0 Å². The normalized spacial score (nSPS) is 14.9. The summed E-state index contributed by atoms with van der Waals surface area (Å²) in [5, 5.41) is 3.38. The second-order valence-electron chi connectivity index (χ2n) is 3.73. The Kier molecular flexibility index (Phi) is 3.68. The first-order valence-electron chi connectivity index (χ1n) is 5.11. The number of hydrogen-bond donors (Lipinski definition) is 1. The van der Waals surface area contributed by atoms with Crippen LogP contribution in [-0.2, 0) is 7.05 Å². The summed E-state index contributed by atoms with van der Waals surface area (Å²) in [5.74, 6) is 0. The lowest BCUT2D eigenvalue weighted by Gasteiger charge is -2.18. The standard InChI is InChI=1S/C11H15N3S2/c1-8(12)10(9-4-3-7-15-9)16-11-13-5-6-14(11)2/h3-8,10H,12H2,1-2H3. The van der Waals surface area contributed by atoms with Crippen LogP contribution in [0.2, 0.25) is 0 Å². The van der Waals surface area contributed by atoms with E-state index in [1.54, 1.807) is 23.1 Å². The maximum atomic E-state index is 6.04. The average molecular weight is 253 g/mol. The van der Waals surface area contributed by atoms with Crippen molar-refractivity contribution in [3.05, 3.63) is 34.8 Å². The van der Waals surface area contributed by atoms with Gasteiger partial charge in [-0.25, -0.2) is 4.98 Å². The lowest BCUT2D eigenvalue weighted by Crippen LogP contribution is -2.22. The van der Waals surface area contributed by atoms with Gasteiger partial charge in [0.05, 0.1) is 5.25 Å². The van der Waals surface area contributed by atoms with Crippen LogP contribution >= 0.6 is 23.1 Å². The van der Waals surface area contributed by atoms with Gasteiger partial charge in [-0.3, -0.25) is 0 Å². The number of imidazole rings is 1. The van der Waals surface area contributed by atoms with Crippen molar-refractivity contribution < 1.29 is 0 Å². The summed E-state index contributed by atoms with van der Waals surface area (Å²) in [6.45, 7) is 2.04. The van der Waals surface area contributed by atoms with Crippen LogP contribution in [0, 0.1) is 0 Å². The Morgan fingerprint density at radius 2 is 2.38 bits per heavy atom. The Balaban J connectivity index is 2.19. The van der Waals surface area contributed by atoms with Gasteiger partial charge in [0, 0.05) is 30.4 Å². The number of hydrogen-bond acceptors (Lipinski definition) is 4. The Labute approximate surface area is 104 Å². The van der Waals surface area contributed by atoms with Crippen LogP contribution in [0.25, 0.3) is 0 Å². The minimum Gasteiger partial charge on any atom is -0.329 e. The summed E-state index contributed by atoms with van der Waals surface area (Å²) in [5.41, 5.74) is 6.04. The van der Waals surface area contributed by atoms with Gasteiger partial charge in [-0.1, -0.05) is 17.8 Å². The van der Waals surface area contributed by atoms with Gasteiger partial charge in [0.1, 0.15) is 0 Å². The zero-order valence-corrected chi connectivity index (χ0v) is 11.0. The summed E-state index contributed by atoms with van der Waals surface area (Å²) >= 11 is 3.47. The molecule has 3 nitrogen and oxygen atoms in total. The lowest BCUT2D eigenvalue weighted by atomic mass is 10.2. The van der Waals surface area contributed by atoms with Crippen LogP contribution in [0.1, 0.15) is 17.1 Å². The third-order valence-electron chi connectivity index (χ3n) is 2.31. The summed E-state index contributed by atoms with van der Waals surface area (Å²) in [6, 6.07) is 4.31. The first-order valence-corrected chi connectivity index (χ1v) is 6.87. The van der Waals surface area contributed by atoms with E-state index in [1.807, 2.05) is 30.9 Å². The lowest BCUT2D eigenvalue weighted by molar-refractivity contribution is 0.717. The highest BCUT2D eigenvalue weighted by atomic mass is 32.2. The van der Waals surface area contributed by atoms with Gasteiger partial charge in [-0.15, -0.1) is 11.3 Å². The molecule has 86 valence electrons. The molecule has 0 saturated heterocycles. The molecule has 0 aromatic carbocycles. The molecule has 0 amide bonds. The van der Waals surface area contributed by atoms with Crippen molar-refractivity contribution in [3.8, 4) is 0 Å². The third kappa shape index (κ3) is 2.48.